The summed E-state index contributed by atoms with van der Waals surface area (Å²) in [5.74, 6) is 0.228. The van der Waals surface area contributed by atoms with E-state index in [0.29, 0.717) is 25.7 Å². The van der Waals surface area contributed by atoms with Gasteiger partial charge in [0.2, 0.25) is 5.91 Å². The first-order valence-corrected chi connectivity index (χ1v) is 8.05. The van der Waals surface area contributed by atoms with Gasteiger partial charge in [0.15, 0.2) is 0 Å². The molecule has 1 aromatic rings. The lowest BCUT2D eigenvalue weighted by Crippen LogP contribution is -2.41. The van der Waals surface area contributed by atoms with Crippen LogP contribution < -0.4 is 5.32 Å². The Balaban J connectivity index is 1.75. The molecule has 0 aliphatic carbocycles. The lowest BCUT2D eigenvalue weighted by atomic mass is 10.1. The van der Waals surface area contributed by atoms with Crippen LogP contribution in [0.15, 0.2) is 6.07 Å². The van der Waals surface area contributed by atoms with Crippen LogP contribution in [0.3, 0.4) is 0 Å². The van der Waals surface area contributed by atoms with E-state index in [1.54, 1.807) is 0 Å². The van der Waals surface area contributed by atoms with Crippen LogP contribution in [0.2, 0.25) is 0 Å². The first-order valence-electron chi connectivity index (χ1n) is 7.23. The molecule has 1 amide bonds. The quantitative estimate of drug-likeness (QED) is 0.906. The third kappa shape index (κ3) is 4.04. The number of hydrogen-bond donors (Lipinski definition) is 1. The van der Waals surface area contributed by atoms with E-state index in [-0.39, 0.29) is 5.91 Å². The number of amides is 1. The second-order valence-corrected chi connectivity index (χ2v) is 6.75. The molecule has 1 aromatic heterocycles. The number of ether oxygens (including phenoxy) is 1. The molecule has 1 aliphatic rings. The molecule has 2 rings (SSSR count). The van der Waals surface area contributed by atoms with E-state index in [9.17, 15) is 4.79 Å². The van der Waals surface area contributed by atoms with Gasteiger partial charge in [-0.3, -0.25) is 4.79 Å². The van der Waals surface area contributed by atoms with Gasteiger partial charge in [0, 0.05) is 41.9 Å². The van der Waals surface area contributed by atoms with Crippen molar-refractivity contribution >= 4 is 17.2 Å². The van der Waals surface area contributed by atoms with Crippen LogP contribution in [0, 0.1) is 13.8 Å². The maximum atomic E-state index is 12.0. The molecule has 0 aromatic carbocycles. The van der Waals surface area contributed by atoms with E-state index in [1.165, 1.54) is 15.3 Å². The minimum atomic E-state index is 0.228. The smallest absolute Gasteiger partial charge is 0.224 e. The number of nitrogens with one attached hydrogen (secondary N) is 1. The number of carbonyl (C=O) groups is 1. The highest BCUT2D eigenvalue weighted by molar-refractivity contribution is 7.12. The zero-order chi connectivity index (χ0) is 14.5. The van der Waals surface area contributed by atoms with Crippen LogP contribution in [-0.4, -0.2) is 43.7 Å². The van der Waals surface area contributed by atoms with Crippen molar-refractivity contribution in [3.05, 3.63) is 21.4 Å². The summed E-state index contributed by atoms with van der Waals surface area (Å²) in [4.78, 5) is 16.6. The monoisotopic (exact) mass is 296 g/mol. The predicted octanol–water partition coefficient (Wildman–Crippen LogP) is 2.26. The van der Waals surface area contributed by atoms with Crippen molar-refractivity contribution in [2.75, 3.05) is 32.8 Å². The summed E-state index contributed by atoms with van der Waals surface area (Å²) in [6.07, 6.45) is 0.562. The lowest BCUT2D eigenvalue weighted by molar-refractivity contribution is -0.135. The Morgan fingerprint density at radius 3 is 2.75 bits per heavy atom. The van der Waals surface area contributed by atoms with Crippen molar-refractivity contribution < 1.29 is 9.53 Å². The van der Waals surface area contributed by atoms with Crippen LogP contribution in [0.4, 0.5) is 0 Å². The number of morpholine rings is 1. The molecule has 1 aliphatic heterocycles. The SMILES string of the molecule is Cc1cc(C(C)NCCC(=O)N2CCOCC2)c(C)s1. The van der Waals surface area contributed by atoms with E-state index in [0.717, 1.165) is 19.6 Å². The summed E-state index contributed by atoms with van der Waals surface area (Å²) in [6.45, 7) is 9.99. The standard InChI is InChI=1S/C15H24N2O2S/c1-11-10-14(13(3)20-11)12(2)16-5-4-15(18)17-6-8-19-9-7-17/h10,12,16H,4-9H2,1-3H3. The molecule has 0 bridgehead atoms. The van der Waals surface area contributed by atoms with Gasteiger partial charge in [-0.15, -0.1) is 11.3 Å². The van der Waals surface area contributed by atoms with Gasteiger partial charge in [0.1, 0.15) is 0 Å². The van der Waals surface area contributed by atoms with E-state index < -0.39 is 0 Å². The maximum absolute atomic E-state index is 12.0. The number of carbonyl (C=O) groups excluding carboxylic acids is 1. The molecule has 0 radical (unpaired) electrons. The average Bonchev–Trinajstić information content (AvgIpc) is 2.78. The second kappa shape index (κ2) is 7.20. The Hall–Kier alpha value is -0.910. The van der Waals surface area contributed by atoms with Crippen LogP contribution in [0.25, 0.3) is 0 Å². The van der Waals surface area contributed by atoms with Crippen molar-refractivity contribution in [1.29, 1.82) is 0 Å². The Morgan fingerprint density at radius 2 is 2.15 bits per heavy atom. The van der Waals surface area contributed by atoms with Gasteiger partial charge in [-0.25, -0.2) is 0 Å². The molecular formula is C15H24N2O2S. The van der Waals surface area contributed by atoms with Gasteiger partial charge in [-0.2, -0.15) is 0 Å². The molecule has 1 N–H and O–H groups in total. The molecule has 112 valence electrons. The van der Waals surface area contributed by atoms with E-state index in [2.05, 4.69) is 32.2 Å². The fraction of sp³-hybridized carbons (Fsp3) is 0.667. The molecule has 1 unspecified atom stereocenters. The maximum Gasteiger partial charge on any atom is 0.224 e. The zero-order valence-electron chi connectivity index (χ0n) is 12.6. The third-order valence-electron chi connectivity index (χ3n) is 3.70. The number of thiophene rings is 1. The van der Waals surface area contributed by atoms with Gasteiger partial charge in [0.25, 0.3) is 0 Å². The topological polar surface area (TPSA) is 41.6 Å². The molecule has 1 saturated heterocycles. The molecule has 1 atom stereocenters. The van der Waals surface area contributed by atoms with Gasteiger partial charge >= 0.3 is 0 Å². The highest BCUT2D eigenvalue weighted by Crippen LogP contribution is 2.25. The first kappa shape index (κ1) is 15.5. The van der Waals surface area contributed by atoms with Gasteiger partial charge in [-0.05, 0) is 32.4 Å². The third-order valence-corrected chi connectivity index (χ3v) is 4.68. The summed E-state index contributed by atoms with van der Waals surface area (Å²) in [5.41, 5.74) is 1.35. The zero-order valence-corrected chi connectivity index (χ0v) is 13.4. The molecule has 1 fully saturated rings. The number of rotatable bonds is 5. The number of hydrogen-bond acceptors (Lipinski definition) is 4. The first-order chi connectivity index (χ1) is 9.58. The molecule has 20 heavy (non-hydrogen) atoms. The average molecular weight is 296 g/mol. The summed E-state index contributed by atoms with van der Waals surface area (Å²) >= 11 is 1.83. The number of aryl methyl sites for hydroxylation is 2. The molecule has 0 spiro atoms. The summed E-state index contributed by atoms with van der Waals surface area (Å²) < 4.78 is 5.26. The minimum absolute atomic E-state index is 0.228. The van der Waals surface area contributed by atoms with Crippen molar-refractivity contribution in [2.24, 2.45) is 0 Å². The van der Waals surface area contributed by atoms with Crippen molar-refractivity contribution in [3.63, 3.8) is 0 Å². The lowest BCUT2D eigenvalue weighted by Gasteiger charge is -2.27. The Bertz CT molecular complexity index is 453. The van der Waals surface area contributed by atoms with E-state index in [4.69, 9.17) is 4.74 Å². The van der Waals surface area contributed by atoms with E-state index in [1.807, 2.05) is 16.2 Å². The molecule has 5 heteroatoms. The van der Waals surface area contributed by atoms with Crippen molar-refractivity contribution in [1.82, 2.24) is 10.2 Å². The van der Waals surface area contributed by atoms with Crippen LogP contribution >= 0.6 is 11.3 Å². The fourth-order valence-electron chi connectivity index (χ4n) is 2.56. The summed E-state index contributed by atoms with van der Waals surface area (Å²) in [5, 5.41) is 3.45. The second-order valence-electron chi connectivity index (χ2n) is 5.29. The van der Waals surface area contributed by atoms with Crippen LogP contribution in [0.5, 0.6) is 0 Å². The Morgan fingerprint density at radius 1 is 1.45 bits per heavy atom. The normalized spacial score (nSPS) is 17.2. The fourth-order valence-corrected chi connectivity index (χ4v) is 3.58. The van der Waals surface area contributed by atoms with Crippen LogP contribution in [0.1, 0.15) is 34.7 Å². The highest BCUT2D eigenvalue weighted by atomic mass is 32.1. The molecular weight excluding hydrogens is 272 g/mol. The van der Waals surface area contributed by atoms with Crippen molar-refractivity contribution in [3.8, 4) is 0 Å². The molecule has 2 heterocycles. The molecule has 0 saturated carbocycles. The highest BCUT2D eigenvalue weighted by Gasteiger charge is 2.17. The predicted molar refractivity (Wildman–Crippen MR) is 82.2 cm³/mol. The van der Waals surface area contributed by atoms with E-state index >= 15 is 0 Å². The number of nitrogens with zero attached hydrogens (tertiary/aromatic N) is 1. The Labute approximate surface area is 125 Å². The largest absolute Gasteiger partial charge is 0.378 e. The minimum Gasteiger partial charge on any atom is -0.378 e. The van der Waals surface area contributed by atoms with Gasteiger partial charge in [0.05, 0.1) is 13.2 Å². The summed E-state index contributed by atoms with van der Waals surface area (Å²) in [6, 6.07) is 2.54. The summed E-state index contributed by atoms with van der Waals surface area (Å²) in [7, 11) is 0. The van der Waals surface area contributed by atoms with Gasteiger partial charge in [-0.1, -0.05) is 0 Å². The van der Waals surface area contributed by atoms with Crippen LogP contribution in [-0.2, 0) is 9.53 Å². The Kier molecular flexibility index (Phi) is 5.57. The van der Waals surface area contributed by atoms with Gasteiger partial charge < -0.3 is 15.0 Å². The molecule has 4 nitrogen and oxygen atoms in total. The van der Waals surface area contributed by atoms with Crippen molar-refractivity contribution in [2.45, 2.75) is 33.2 Å².